The van der Waals surface area contributed by atoms with E-state index in [1.54, 1.807) is 0 Å². The minimum Gasteiger partial charge on any atom is -0.453 e. The molecule has 0 spiro atoms. The van der Waals surface area contributed by atoms with Gasteiger partial charge in [0.25, 0.3) is 0 Å². The maximum Gasteiger partial charge on any atom is 0.420 e. The maximum atomic E-state index is 12.3. The highest BCUT2D eigenvalue weighted by Crippen LogP contribution is 2.43. The Morgan fingerprint density at radius 2 is 2.08 bits per heavy atom. The minimum atomic E-state index is -4.41. The molecule has 0 aliphatic carbocycles. The van der Waals surface area contributed by atoms with E-state index in [4.69, 9.17) is 4.74 Å². The zero-order chi connectivity index (χ0) is 9.47. The van der Waals surface area contributed by atoms with Gasteiger partial charge in [0.05, 0.1) is 0 Å². The van der Waals surface area contributed by atoms with Gasteiger partial charge < -0.3 is 9.47 Å². The normalized spacial score (nSPS) is 14.7. The summed E-state index contributed by atoms with van der Waals surface area (Å²) in [5.41, 5.74) is -0.821. The molecule has 0 unspecified atom stereocenters. The van der Waals surface area contributed by atoms with E-state index in [1.807, 2.05) is 0 Å². The molecule has 1 aliphatic rings. The van der Waals surface area contributed by atoms with E-state index in [1.165, 1.54) is 0 Å². The van der Waals surface area contributed by atoms with Gasteiger partial charge >= 0.3 is 6.18 Å². The molecular weight excluding hydrogens is 185 g/mol. The smallest absolute Gasteiger partial charge is 0.420 e. The molecule has 5 heteroatoms. The fourth-order valence-electron chi connectivity index (χ4n) is 1.09. The predicted molar refractivity (Wildman–Crippen MR) is 36.4 cm³/mol. The van der Waals surface area contributed by atoms with Crippen LogP contribution in [0.5, 0.6) is 11.5 Å². The largest absolute Gasteiger partial charge is 0.453 e. The summed E-state index contributed by atoms with van der Waals surface area (Å²) < 4.78 is 46.3. The predicted octanol–water partition coefficient (Wildman–Crippen LogP) is 2.23. The van der Waals surface area contributed by atoms with Gasteiger partial charge in [-0.05, 0) is 12.1 Å². The van der Waals surface area contributed by atoms with Gasteiger partial charge in [0.1, 0.15) is 5.56 Å². The van der Waals surface area contributed by atoms with Gasteiger partial charge in [-0.25, -0.2) is 0 Å². The Morgan fingerprint density at radius 3 is 2.77 bits per heavy atom. The third-order valence-electron chi connectivity index (χ3n) is 1.63. The molecule has 1 aromatic carbocycles. The van der Waals surface area contributed by atoms with Crippen molar-refractivity contribution in [2.75, 3.05) is 6.79 Å². The number of rotatable bonds is 0. The van der Waals surface area contributed by atoms with Crippen molar-refractivity contribution in [3.8, 4) is 11.5 Å². The molecule has 1 aliphatic heterocycles. The van der Waals surface area contributed by atoms with Crippen LogP contribution in [0.1, 0.15) is 5.56 Å². The van der Waals surface area contributed by atoms with Gasteiger partial charge in [0.15, 0.2) is 11.5 Å². The first-order valence-corrected chi connectivity index (χ1v) is 3.46. The summed E-state index contributed by atoms with van der Waals surface area (Å²) in [6.45, 7) is -0.182. The van der Waals surface area contributed by atoms with Crippen LogP contribution in [0.3, 0.4) is 0 Å². The Kier molecular flexibility index (Phi) is 1.61. The molecule has 69 valence electrons. The molecule has 0 aromatic heterocycles. The van der Waals surface area contributed by atoms with Gasteiger partial charge in [0.2, 0.25) is 6.79 Å². The highest BCUT2D eigenvalue weighted by molar-refractivity contribution is 5.48. The molecule has 1 aromatic rings. The van der Waals surface area contributed by atoms with Crippen LogP contribution >= 0.6 is 0 Å². The van der Waals surface area contributed by atoms with Crippen molar-refractivity contribution in [3.63, 3.8) is 0 Å². The SMILES string of the molecule is FC(F)(F)c1cc[c]c2c1OCO2. The van der Waals surface area contributed by atoms with Crippen LogP contribution in [0.25, 0.3) is 0 Å². The van der Waals surface area contributed by atoms with Gasteiger partial charge in [-0.3, -0.25) is 0 Å². The molecule has 0 saturated heterocycles. The lowest BCUT2D eigenvalue weighted by atomic mass is 10.2. The number of hydrogen-bond acceptors (Lipinski definition) is 2. The third-order valence-corrected chi connectivity index (χ3v) is 1.63. The van der Waals surface area contributed by atoms with Crippen molar-refractivity contribution in [2.24, 2.45) is 0 Å². The molecule has 0 saturated carbocycles. The number of benzene rings is 1. The summed E-state index contributed by atoms with van der Waals surface area (Å²) in [7, 11) is 0. The van der Waals surface area contributed by atoms with E-state index >= 15 is 0 Å². The lowest BCUT2D eigenvalue weighted by Crippen LogP contribution is -2.06. The van der Waals surface area contributed by atoms with Gasteiger partial charge in [-0.2, -0.15) is 13.2 Å². The van der Waals surface area contributed by atoms with Crippen LogP contribution in [0.2, 0.25) is 0 Å². The highest BCUT2D eigenvalue weighted by Gasteiger charge is 2.37. The number of fused-ring (bicyclic) bond motifs is 1. The van der Waals surface area contributed by atoms with Crippen LogP contribution in [0.4, 0.5) is 13.2 Å². The molecule has 2 nitrogen and oxygen atoms in total. The topological polar surface area (TPSA) is 18.5 Å². The first kappa shape index (κ1) is 8.22. The Balaban J connectivity index is 2.54. The van der Waals surface area contributed by atoms with E-state index in [-0.39, 0.29) is 18.3 Å². The van der Waals surface area contributed by atoms with Crippen molar-refractivity contribution < 1.29 is 22.6 Å². The Labute approximate surface area is 71.9 Å². The highest BCUT2D eigenvalue weighted by atomic mass is 19.4. The van der Waals surface area contributed by atoms with E-state index < -0.39 is 11.7 Å². The first-order valence-electron chi connectivity index (χ1n) is 3.46. The Hall–Kier alpha value is -1.39. The summed E-state index contributed by atoms with van der Waals surface area (Å²) in [6, 6.07) is 4.59. The Morgan fingerprint density at radius 1 is 1.31 bits per heavy atom. The second kappa shape index (κ2) is 2.55. The monoisotopic (exact) mass is 189 g/mol. The summed E-state index contributed by atoms with van der Waals surface area (Å²) in [6.07, 6.45) is -4.41. The molecule has 2 rings (SSSR count). The lowest BCUT2D eigenvalue weighted by Gasteiger charge is -2.08. The summed E-state index contributed by atoms with van der Waals surface area (Å²) in [4.78, 5) is 0. The zero-order valence-corrected chi connectivity index (χ0v) is 6.31. The lowest BCUT2D eigenvalue weighted by molar-refractivity contribution is -0.138. The molecule has 0 amide bonds. The maximum absolute atomic E-state index is 12.3. The quantitative estimate of drug-likeness (QED) is 0.623. The summed E-state index contributed by atoms with van der Waals surface area (Å²) in [5, 5.41) is 0. The van der Waals surface area contributed by atoms with Gasteiger partial charge in [-0.1, -0.05) is 0 Å². The number of alkyl halides is 3. The van der Waals surface area contributed by atoms with E-state index in [2.05, 4.69) is 10.8 Å². The first-order chi connectivity index (χ1) is 6.09. The standard InChI is InChI=1S/C8H4F3O2/c9-8(10,11)5-2-1-3-6-7(5)13-4-12-6/h1-2H,4H2. The molecule has 0 N–H and O–H groups in total. The van der Waals surface area contributed by atoms with Crippen LogP contribution in [-0.2, 0) is 6.18 Å². The fourth-order valence-corrected chi connectivity index (χ4v) is 1.09. The number of hydrogen-bond donors (Lipinski definition) is 0. The molecule has 1 radical (unpaired) electrons. The Bertz CT molecular complexity index is 333. The average molecular weight is 189 g/mol. The molecule has 13 heavy (non-hydrogen) atoms. The van der Waals surface area contributed by atoms with Crippen LogP contribution in [0, 0.1) is 6.07 Å². The second-order valence-electron chi connectivity index (χ2n) is 2.45. The molecular formula is C8H4F3O2. The third kappa shape index (κ3) is 1.30. The van der Waals surface area contributed by atoms with Crippen molar-refractivity contribution in [1.29, 1.82) is 0 Å². The van der Waals surface area contributed by atoms with Crippen molar-refractivity contribution in [3.05, 3.63) is 23.8 Å². The van der Waals surface area contributed by atoms with Crippen LogP contribution in [-0.4, -0.2) is 6.79 Å². The van der Waals surface area contributed by atoms with E-state index in [0.717, 1.165) is 12.1 Å². The number of halogens is 3. The molecule has 1 heterocycles. The summed E-state index contributed by atoms with van der Waals surface area (Å²) >= 11 is 0. The van der Waals surface area contributed by atoms with Crippen LogP contribution < -0.4 is 9.47 Å². The van der Waals surface area contributed by atoms with Gasteiger partial charge in [0, 0.05) is 6.07 Å². The molecule has 0 atom stereocenters. The average Bonchev–Trinajstić information content (AvgIpc) is 2.48. The van der Waals surface area contributed by atoms with Crippen molar-refractivity contribution in [1.82, 2.24) is 0 Å². The van der Waals surface area contributed by atoms with Gasteiger partial charge in [-0.15, -0.1) is 0 Å². The van der Waals surface area contributed by atoms with E-state index in [0.29, 0.717) is 0 Å². The minimum absolute atomic E-state index is 0.0230. The van der Waals surface area contributed by atoms with Crippen molar-refractivity contribution in [2.45, 2.75) is 6.18 Å². The molecule has 0 fully saturated rings. The summed E-state index contributed by atoms with van der Waals surface area (Å²) in [5.74, 6) is -0.246. The van der Waals surface area contributed by atoms with Crippen molar-refractivity contribution >= 4 is 0 Å². The van der Waals surface area contributed by atoms with E-state index in [9.17, 15) is 13.2 Å². The van der Waals surface area contributed by atoms with Crippen LogP contribution in [0.15, 0.2) is 12.1 Å². The zero-order valence-electron chi connectivity index (χ0n) is 6.31. The second-order valence-corrected chi connectivity index (χ2v) is 2.45. The number of ether oxygens (including phenoxy) is 2. The fraction of sp³-hybridized carbons (Fsp3) is 0.250. The molecule has 0 bridgehead atoms.